The van der Waals surface area contributed by atoms with Crippen LogP contribution in [0.5, 0.6) is 0 Å². The molecular weight excluding hydrogens is 282 g/mol. The number of fused-ring (bicyclic) bond motifs is 1. The van der Waals surface area contributed by atoms with Crippen LogP contribution in [0.15, 0.2) is 24.3 Å². The molecule has 0 radical (unpaired) electrons. The molecule has 0 saturated carbocycles. The molecule has 21 heavy (non-hydrogen) atoms. The highest BCUT2D eigenvalue weighted by molar-refractivity contribution is 7.13. The number of nitrogens with zero attached hydrogens (tertiary/aromatic N) is 2. The van der Waals surface area contributed by atoms with Crippen LogP contribution in [0.4, 0.5) is 0 Å². The van der Waals surface area contributed by atoms with E-state index in [4.69, 9.17) is 10.1 Å². The molecular formula is C16H21N3OS. The van der Waals surface area contributed by atoms with Crippen molar-refractivity contribution in [3.05, 3.63) is 30.0 Å². The van der Waals surface area contributed by atoms with E-state index in [0.29, 0.717) is 11.9 Å². The number of piperidine rings is 1. The van der Waals surface area contributed by atoms with Crippen LogP contribution < -0.4 is 0 Å². The lowest BCUT2D eigenvalue weighted by Crippen LogP contribution is -2.39. The number of benzene rings is 1. The molecule has 1 aliphatic heterocycles. The van der Waals surface area contributed by atoms with Gasteiger partial charge in [-0.1, -0.05) is 18.2 Å². The van der Waals surface area contributed by atoms with Crippen molar-refractivity contribution >= 4 is 27.6 Å². The van der Waals surface area contributed by atoms with Gasteiger partial charge in [0.05, 0.1) is 16.5 Å². The Balaban J connectivity index is 1.67. The summed E-state index contributed by atoms with van der Waals surface area (Å²) in [4.78, 5) is 2.03. The minimum Gasteiger partial charge on any atom is -0.463 e. The first-order valence-electron chi connectivity index (χ1n) is 7.49. The van der Waals surface area contributed by atoms with Gasteiger partial charge in [-0.3, -0.25) is 5.41 Å². The van der Waals surface area contributed by atoms with E-state index in [2.05, 4.69) is 28.6 Å². The summed E-state index contributed by atoms with van der Waals surface area (Å²) in [5.74, 6) is 0.504. The normalized spacial score (nSPS) is 16.6. The van der Waals surface area contributed by atoms with Crippen molar-refractivity contribution < 1.29 is 4.74 Å². The van der Waals surface area contributed by atoms with Crippen LogP contribution in [0.2, 0.25) is 0 Å². The van der Waals surface area contributed by atoms with Gasteiger partial charge in [-0.15, -0.1) is 0 Å². The molecule has 0 spiro atoms. The molecule has 0 unspecified atom stereocenters. The van der Waals surface area contributed by atoms with Crippen LogP contribution in [0, 0.1) is 5.41 Å². The molecule has 2 aromatic rings. The number of nitrogens with one attached hydrogen (secondary N) is 1. The predicted octanol–water partition coefficient (Wildman–Crippen LogP) is 3.84. The second-order valence-corrected chi connectivity index (χ2v) is 6.60. The third-order valence-corrected chi connectivity index (χ3v) is 4.76. The third kappa shape index (κ3) is 3.02. The second kappa shape index (κ2) is 6.02. The molecule has 4 nitrogen and oxygen atoms in total. The van der Waals surface area contributed by atoms with Gasteiger partial charge in [-0.05, 0) is 44.3 Å². The summed E-state index contributed by atoms with van der Waals surface area (Å²) >= 11 is 1.59. The Hall–Kier alpha value is -1.62. The van der Waals surface area contributed by atoms with E-state index in [1.54, 1.807) is 11.5 Å². The Morgan fingerprint density at radius 1 is 1.33 bits per heavy atom. The van der Waals surface area contributed by atoms with E-state index in [9.17, 15) is 0 Å². The molecule has 5 heteroatoms. The molecule has 1 aromatic heterocycles. The van der Waals surface area contributed by atoms with Gasteiger partial charge < -0.3 is 9.64 Å². The van der Waals surface area contributed by atoms with Crippen molar-refractivity contribution in [3.63, 3.8) is 0 Å². The lowest BCUT2D eigenvalue weighted by Gasteiger charge is -2.33. The van der Waals surface area contributed by atoms with Crippen molar-refractivity contribution in [2.45, 2.75) is 38.7 Å². The Morgan fingerprint density at radius 2 is 2.05 bits per heavy atom. The molecule has 0 atom stereocenters. The highest BCUT2D eigenvalue weighted by atomic mass is 32.1. The number of ether oxygens (including phenoxy) is 1. The van der Waals surface area contributed by atoms with Crippen LogP contribution in [-0.4, -0.2) is 34.5 Å². The number of hydrogen-bond donors (Lipinski definition) is 1. The number of aromatic nitrogens is 1. The van der Waals surface area contributed by atoms with Gasteiger partial charge in [0.25, 0.3) is 6.02 Å². The van der Waals surface area contributed by atoms with Gasteiger partial charge in [0, 0.05) is 24.4 Å². The molecule has 0 amide bonds. The zero-order chi connectivity index (χ0) is 14.8. The summed E-state index contributed by atoms with van der Waals surface area (Å²) in [6.45, 7) is 5.68. The fourth-order valence-corrected chi connectivity index (χ4v) is 3.71. The van der Waals surface area contributed by atoms with E-state index >= 15 is 0 Å². The fourth-order valence-electron chi connectivity index (χ4n) is 2.85. The van der Waals surface area contributed by atoms with Crippen LogP contribution in [-0.2, 0) is 4.74 Å². The Bertz CT molecular complexity index is 629. The maximum atomic E-state index is 7.98. The average Bonchev–Trinajstić information content (AvgIpc) is 2.90. The second-order valence-electron chi connectivity index (χ2n) is 5.80. The van der Waals surface area contributed by atoms with Crippen LogP contribution >= 0.6 is 11.5 Å². The SMILES string of the molecule is CC(C)OC(=N)N1CCC(c2nsc3ccccc23)CC1. The zero-order valence-electron chi connectivity index (χ0n) is 12.5. The lowest BCUT2D eigenvalue weighted by atomic mass is 9.92. The number of likely N-dealkylation sites (tertiary alicyclic amines) is 1. The fraction of sp³-hybridized carbons (Fsp3) is 0.500. The molecule has 2 heterocycles. The largest absolute Gasteiger partial charge is 0.463 e. The monoisotopic (exact) mass is 303 g/mol. The highest BCUT2D eigenvalue weighted by Crippen LogP contribution is 2.34. The maximum absolute atomic E-state index is 7.98. The van der Waals surface area contributed by atoms with Gasteiger partial charge in [-0.25, -0.2) is 0 Å². The van der Waals surface area contributed by atoms with Crippen molar-refractivity contribution in [2.75, 3.05) is 13.1 Å². The first kappa shape index (κ1) is 14.3. The number of hydrogen-bond acceptors (Lipinski definition) is 4. The maximum Gasteiger partial charge on any atom is 0.284 e. The van der Waals surface area contributed by atoms with E-state index in [1.807, 2.05) is 18.7 Å². The molecule has 1 aromatic carbocycles. The summed E-state index contributed by atoms with van der Waals surface area (Å²) in [5, 5.41) is 9.28. The average molecular weight is 303 g/mol. The first-order valence-corrected chi connectivity index (χ1v) is 8.27. The minimum absolute atomic E-state index is 0.0673. The predicted molar refractivity (Wildman–Crippen MR) is 87.1 cm³/mol. The van der Waals surface area contributed by atoms with Crippen molar-refractivity contribution in [3.8, 4) is 0 Å². The molecule has 112 valence electrons. The third-order valence-electron chi connectivity index (χ3n) is 3.92. The zero-order valence-corrected chi connectivity index (χ0v) is 13.3. The summed E-state index contributed by atoms with van der Waals surface area (Å²) in [7, 11) is 0. The molecule has 1 aliphatic rings. The van der Waals surface area contributed by atoms with E-state index in [1.165, 1.54) is 15.8 Å². The van der Waals surface area contributed by atoms with Gasteiger partial charge in [0.15, 0.2) is 0 Å². The van der Waals surface area contributed by atoms with E-state index in [-0.39, 0.29) is 6.10 Å². The number of rotatable bonds is 2. The van der Waals surface area contributed by atoms with Gasteiger partial charge in [0.1, 0.15) is 0 Å². The lowest BCUT2D eigenvalue weighted by molar-refractivity contribution is 0.160. The highest BCUT2D eigenvalue weighted by Gasteiger charge is 2.26. The molecule has 1 N–H and O–H groups in total. The van der Waals surface area contributed by atoms with Gasteiger partial charge >= 0.3 is 0 Å². The minimum atomic E-state index is 0.0673. The Kier molecular flexibility index (Phi) is 4.10. The standard InChI is InChI=1S/C16H21N3OS/c1-11(2)20-16(17)19-9-7-12(8-10-19)15-13-5-3-4-6-14(13)21-18-15/h3-6,11-12,17H,7-10H2,1-2H3. The molecule has 0 aliphatic carbocycles. The van der Waals surface area contributed by atoms with Crippen LogP contribution in [0.1, 0.15) is 38.3 Å². The molecule has 1 fully saturated rings. The molecule has 1 saturated heterocycles. The number of amidine groups is 1. The van der Waals surface area contributed by atoms with Gasteiger partial charge in [0.2, 0.25) is 0 Å². The van der Waals surface area contributed by atoms with Crippen LogP contribution in [0.25, 0.3) is 10.1 Å². The van der Waals surface area contributed by atoms with Crippen molar-refractivity contribution in [1.82, 2.24) is 9.27 Å². The summed E-state index contributed by atoms with van der Waals surface area (Å²) in [6, 6.07) is 8.77. The topological polar surface area (TPSA) is 49.2 Å². The molecule has 0 bridgehead atoms. The first-order chi connectivity index (χ1) is 10.1. The summed E-state index contributed by atoms with van der Waals surface area (Å²) < 4.78 is 11.4. The molecule has 3 rings (SSSR count). The summed E-state index contributed by atoms with van der Waals surface area (Å²) in [6.07, 6.45) is 2.15. The van der Waals surface area contributed by atoms with Crippen molar-refractivity contribution in [1.29, 1.82) is 5.41 Å². The van der Waals surface area contributed by atoms with Gasteiger partial charge in [-0.2, -0.15) is 4.37 Å². The summed E-state index contributed by atoms with van der Waals surface area (Å²) in [5.41, 5.74) is 1.24. The van der Waals surface area contributed by atoms with E-state index < -0.39 is 0 Å². The van der Waals surface area contributed by atoms with Crippen LogP contribution in [0.3, 0.4) is 0 Å². The van der Waals surface area contributed by atoms with Crippen molar-refractivity contribution in [2.24, 2.45) is 0 Å². The Labute approximate surface area is 129 Å². The Morgan fingerprint density at radius 3 is 2.76 bits per heavy atom. The smallest absolute Gasteiger partial charge is 0.284 e. The van der Waals surface area contributed by atoms with E-state index in [0.717, 1.165) is 25.9 Å². The quantitative estimate of drug-likeness (QED) is 0.677.